The van der Waals surface area contributed by atoms with Gasteiger partial charge in [0, 0.05) is 32.1 Å². The van der Waals surface area contributed by atoms with Gasteiger partial charge in [-0.15, -0.1) is 0 Å². The lowest BCUT2D eigenvalue weighted by atomic mass is 9.93. The van der Waals surface area contributed by atoms with E-state index in [1.165, 1.54) is 19.3 Å². The van der Waals surface area contributed by atoms with E-state index in [4.69, 9.17) is 9.26 Å². The van der Waals surface area contributed by atoms with Gasteiger partial charge in [-0.3, -0.25) is 4.90 Å². The molecule has 2 atom stereocenters. The van der Waals surface area contributed by atoms with Crippen LogP contribution >= 0.6 is 0 Å². The molecule has 3 heterocycles. The molecule has 0 bridgehead atoms. The van der Waals surface area contributed by atoms with Crippen molar-refractivity contribution in [3.63, 3.8) is 0 Å². The van der Waals surface area contributed by atoms with E-state index >= 15 is 0 Å². The highest BCUT2D eigenvalue weighted by atomic mass is 16.5. The van der Waals surface area contributed by atoms with Crippen molar-refractivity contribution >= 4 is 0 Å². The molecule has 148 valence electrons. The number of nitrogens with one attached hydrogen (secondary N) is 1. The molecule has 2 aromatic heterocycles. The number of imidazole rings is 1. The first kappa shape index (κ1) is 18.6. The van der Waals surface area contributed by atoms with Crippen molar-refractivity contribution in [3.8, 4) is 0 Å². The Labute approximate surface area is 160 Å². The van der Waals surface area contributed by atoms with Crippen molar-refractivity contribution < 1.29 is 9.26 Å². The Morgan fingerprint density at radius 3 is 2.96 bits per heavy atom. The molecule has 27 heavy (non-hydrogen) atoms. The average molecular weight is 374 g/mol. The number of ether oxygens (including phenoxy) is 1. The molecule has 1 aliphatic heterocycles. The van der Waals surface area contributed by atoms with E-state index in [1.54, 1.807) is 7.11 Å². The zero-order valence-corrected chi connectivity index (χ0v) is 16.5. The molecule has 1 saturated carbocycles. The molecule has 8 nitrogen and oxygen atoms in total. The maximum atomic E-state index is 5.53. The van der Waals surface area contributed by atoms with E-state index in [9.17, 15) is 0 Å². The molecule has 4 rings (SSSR count). The summed E-state index contributed by atoms with van der Waals surface area (Å²) in [5.74, 6) is 2.35. The van der Waals surface area contributed by atoms with Gasteiger partial charge in [-0.25, -0.2) is 4.98 Å². The molecule has 0 amide bonds. The second-order valence-corrected chi connectivity index (χ2v) is 7.79. The summed E-state index contributed by atoms with van der Waals surface area (Å²) in [4.78, 5) is 11.6. The first-order chi connectivity index (χ1) is 13.1. The number of methoxy groups -OCH3 is 1. The Hall–Kier alpha value is -1.77. The third-order valence-corrected chi connectivity index (χ3v) is 6.21. The molecule has 0 radical (unpaired) electrons. The molecule has 8 heteroatoms. The van der Waals surface area contributed by atoms with Crippen LogP contribution in [0.2, 0.25) is 0 Å². The second kappa shape index (κ2) is 7.69. The minimum atomic E-state index is -0.161. The smallest absolute Gasteiger partial charge is 0.240 e. The predicted molar refractivity (Wildman–Crippen MR) is 99.8 cm³/mol. The molecule has 0 aromatic carbocycles. The maximum Gasteiger partial charge on any atom is 0.240 e. The summed E-state index contributed by atoms with van der Waals surface area (Å²) >= 11 is 0. The van der Waals surface area contributed by atoms with Gasteiger partial charge in [-0.05, 0) is 51.6 Å². The minimum absolute atomic E-state index is 0.161. The monoisotopic (exact) mass is 374 g/mol. The Kier molecular flexibility index (Phi) is 5.29. The average Bonchev–Trinajstić information content (AvgIpc) is 3.06. The summed E-state index contributed by atoms with van der Waals surface area (Å²) < 4.78 is 13.0. The minimum Gasteiger partial charge on any atom is -0.374 e. The quantitative estimate of drug-likeness (QED) is 0.758. The Bertz CT molecular complexity index is 751. The lowest BCUT2D eigenvalue weighted by Gasteiger charge is -2.28. The zero-order chi connectivity index (χ0) is 18.9. The fourth-order valence-electron chi connectivity index (χ4n) is 4.32. The van der Waals surface area contributed by atoms with Crippen LogP contribution in [0.4, 0.5) is 0 Å². The van der Waals surface area contributed by atoms with Crippen LogP contribution in [0, 0.1) is 5.41 Å². The van der Waals surface area contributed by atoms with Gasteiger partial charge in [0.2, 0.25) is 5.89 Å². The van der Waals surface area contributed by atoms with Crippen molar-refractivity contribution in [2.45, 2.75) is 64.9 Å². The molecule has 1 saturated heterocycles. The van der Waals surface area contributed by atoms with Crippen LogP contribution < -0.4 is 5.32 Å². The number of nitrogens with zero attached hydrogens (tertiary/aromatic N) is 5. The Balaban J connectivity index is 1.52. The van der Waals surface area contributed by atoms with Crippen LogP contribution in [0.3, 0.4) is 0 Å². The van der Waals surface area contributed by atoms with E-state index in [2.05, 4.69) is 36.8 Å². The Morgan fingerprint density at radius 2 is 2.22 bits per heavy atom. The molecule has 2 fully saturated rings. The molecule has 0 unspecified atom stereocenters. The van der Waals surface area contributed by atoms with Crippen LogP contribution in [-0.2, 0) is 24.4 Å². The van der Waals surface area contributed by atoms with Crippen molar-refractivity contribution in [1.29, 1.82) is 0 Å². The molecule has 1 N–H and O–H groups in total. The first-order valence-electron chi connectivity index (χ1n) is 9.95. The van der Waals surface area contributed by atoms with Crippen LogP contribution in [0.25, 0.3) is 0 Å². The standard InChI is InChI=1S/C19H30N6O2/c1-4-24-10-9-21-16(24)12-25(15-11-19(15)5-7-20-8-6-19)13-17-22-18(23-27-17)14(2)26-3/h9-10,14-15,20H,4-8,11-13H2,1-3H3/t14-,15+/m1/s1. The second-order valence-electron chi connectivity index (χ2n) is 7.79. The topological polar surface area (TPSA) is 81.2 Å². The number of hydrogen-bond acceptors (Lipinski definition) is 7. The van der Waals surface area contributed by atoms with Crippen molar-refractivity contribution in [2.75, 3.05) is 20.2 Å². The van der Waals surface area contributed by atoms with Gasteiger partial charge in [0.05, 0.1) is 13.1 Å². The summed E-state index contributed by atoms with van der Waals surface area (Å²) in [5.41, 5.74) is 0.442. The van der Waals surface area contributed by atoms with E-state index in [-0.39, 0.29) is 6.10 Å². The van der Waals surface area contributed by atoms with Gasteiger partial charge >= 0.3 is 0 Å². The molecule has 2 aliphatic rings. The number of rotatable bonds is 8. The highest BCUT2D eigenvalue weighted by Gasteiger charge is 2.56. The van der Waals surface area contributed by atoms with Crippen molar-refractivity contribution in [3.05, 3.63) is 29.9 Å². The van der Waals surface area contributed by atoms with Crippen LogP contribution in [0.1, 0.15) is 56.8 Å². The zero-order valence-electron chi connectivity index (χ0n) is 16.5. The van der Waals surface area contributed by atoms with E-state index < -0.39 is 0 Å². The molecule has 1 aliphatic carbocycles. The predicted octanol–water partition coefficient (Wildman–Crippen LogP) is 2.14. The van der Waals surface area contributed by atoms with Gasteiger partial charge in [0.25, 0.3) is 0 Å². The lowest BCUT2D eigenvalue weighted by Crippen LogP contribution is -2.36. The fourth-order valence-corrected chi connectivity index (χ4v) is 4.32. The summed E-state index contributed by atoms with van der Waals surface area (Å²) in [7, 11) is 1.66. The summed E-state index contributed by atoms with van der Waals surface area (Å²) in [5, 5.41) is 7.57. The molecular formula is C19H30N6O2. The number of hydrogen-bond donors (Lipinski definition) is 1. The third kappa shape index (κ3) is 3.79. The summed E-state index contributed by atoms with van der Waals surface area (Å²) in [6.45, 7) is 8.69. The van der Waals surface area contributed by atoms with Gasteiger partial charge in [0.15, 0.2) is 5.82 Å². The number of aryl methyl sites for hydroxylation is 1. The SMILES string of the molecule is CCn1ccnc1CN(Cc1nc([C@@H](C)OC)no1)[C@H]1CC12CCNCC2. The number of aromatic nitrogens is 4. The summed E-state index contributed by atoms with van der Waals surface area (Å²) in [6.07, 6.45) is 7.50. The van der Waals surface area contributed by atoms with Gasteiger partial charge in [-0.2, -0.15) is 4.98 Å². The van der Waals surface area contributed by atoms with Crippen molar-refractivity contribution in [2.24, 2.45) is 5.41 Å². The Morgan fingerprint density at radius 1 is 1.41 bits per heavy atom. The van der Waals surface area contributed by atoms with Crippen LogP contribution in [0.15, 0.2) is 16.9 Å². The van der Waals surface area contributed by atoms with E-state index in [0.717, 1.165) is 32.0 Å². The summed E-state index contributed by atoms with van der Waals surface area (Å²) in [6, 6.07) is 0.553. The highest BCUT2D eigenvalue weighted by Crippen LogP contribution is 2.56. The van der Waals surface area contributed by atoms with Crippen LogP contribution in [0.5, 0.6) is 0 Å². The lowest BCUT2D eigenvalue weighted by molar-refractivity contribution is 0.109. The molecular weight excluding hydrogens is 344 g/mol. The highest BCUT2D eigenvalue weighted by molar-refractivity contribution is 5.11. The number of piperidine rings is 1. The first-order valence-corrected chi connectivity index (χ1v) is 9.95. The fraction of sp³-hybridized carbons (Fsp3) is 0.737. The van der Waals surface area contributed by atoms with E-state index in [1.807, 2.05) is 19.3 Å². The largest absolute Gasteiger partial charge is 0.374 e. The van der Waals surface area contributed by atoms with Gasteiger partial charge in [0.1, 0.15) is 11.9 Å². The third-order valence-electron chi connectivity index (χ3n) is 6.21. The molecule has 1 spiro atoms. The van der Waals surface area contributed by atoms with Crippen molar-refractivity contribution in [1.82, 2.24) is 29.9 Å². The van der Waals surface area contributed by atoms with Crippen LogP contribution in [-0.4, -0.2) is 50.8 Å². The van der Waals surface area contributed by atoms with E-state index in [0.29, 0.717) is 29.7 Å². The van der Waals surface area contributed by atoms with Gasteiger partial charge < -0.3 is 19.1 Å². The molecule has 2 aromatic rings. The maximum absolute atomic E-state index is 5.53. The van der Waals surface area contributed by atoms with Gasteiger partial charge in [-0.1, -0.05) is 5.16 Å². The normalized spacial score (nSPS) is 22.4.